The third kappa shape index (κ3) is 5.16. The zero-order valence-electron chi connectivity index (χ0n) is 20.2. The Balaban J connectivity index is 1.34. The van der Waals surface area contributed by atoms with Crippen molar-refractivity contribution in [2.45, 2.75) is 25.7 Å². The minimum atomic E-state index is -0.332. The van der Waals surface area contributed by atoms with Crippen LogP contribution in [-0.2, 0) is 27.7 Å². The molecule has 1 aliphatic rings. The van der Waals surface area contributed by atoms with E-state index in [0.717, 1.165) is 23.1 Å². The number of benzene rings is 2. The molecule has 186 valence electrons. The van der Waals surface area contributed by atoms with E-state index in [0.29, 0.717) is 48.5 Å². The standard InChI is InChI=1S/C27H27FN4O4/c1-3-35-26(33)14-19-12-21(8-10-29-19)36-20-5-7-25-24(15-20)31-27(32(25)2)30-18-4-6-23(28)22(13-18)17-9-11-34-16-17/h4-8,10,12-13,15,17H,3,9,11,14,16H2,1-2H3,(H,30,31). The van der Waals surface area contributed by atoms with Crippen molar-refractivity contribution in [1.29, 1.82) is 0 Å². The van der Waals surface area contributed by atoms with Crippen LogP contribution in [0.1, 0.15) is 30.5 Å². The van der Waals surface area contributed by atoms with Crippen molar-refractivity contribution < 1.29 is 23.4 Å². The predicted octanol–water partition coefficient (Wildman–Crippen LogP) is 5.25. The Bertz CT molecular complexity index is 1400. The fourth-order valence-electron chi connectivity index (χ4n) is 4.31. The first-order valence-electron chi connectivity index (χ1n) is 11.9. The molecule has 0 radical (unpaired) electrons. The van der Waals surface area contributed by atoms with Crippen LogP contribution in [-0.4, -0.2) is 40.3 Å². The number of aromatic nitrogens is 3. The van der Waals surface area contributed by atoms with Crippen LogP contribution in [0, 0.1) is 5.82 Å². The molecule has 1 atom stereocenters. The van der Waals surface area contributed by atoms with Crippen molar-refractivity contribution in [2.75, 3.05) is 25.1 Å². The molecule has 5 rings (SSSR count). The first-order chi connectivity index (χ1) is 17.5. The smallest absolute Gasteiger partial charge is 0.311 e. The van der Waals surface area contributed by atoms with Crippen molar-refractivity contribution in [2.24, 2.45) is 7.05 Å². The third-order valence-electron chi connectivity index (χ3n) is 6.13. The van der Waals surface area contributed by atoms with E-state index in [1.807, 2.05) is 35.9 Å². The zero-order chi connectivity index (χ0) is 25.1. The Morgan fingerprint density at radius 2 is 2.06 bits per heavy atom. The molecule has 1 fully saturated rings. The summed E-state index contributed by atoms with van der Waals surface area (Å²) in [7, 11) is 1.91. The number of imidazole rings is 1. The maximum absolute atomic E-state index is 14.4. The number of rotatable bonds is 8. The number of ether oxygens (including phenoxy) is 3. The van der Waals surface area contributed by atoms with Crippen LogP contribution in [0.4, 0.5) is 16.0 Å². The van der Waals surface area contributed by atoms with Gasteiger partial charge < -0.3 is 24.1 Å². The molecule has 8 nitrogen and oxygen atoms in total. The van der Waals surface area contributed by atoms with Crippen molar-refractivity contribution >= 4 is 28.6 Å². The summed E-state index contributed by atoms with van der Waals surface area (Å²) in [5.74, 6) is 1.31. The maximum atomic E-state index is 14.4. The molecule has 1 saturated heterocycles. The summed E-state index contributed by atoms with van der Waals surface area (Å²) < 4.78 is 32.8. The van der Waals surface area contributed by atoms with Gasteiger partial charge in [-0.1, -0.05) is 0 Å². The second-order valence-corrected chi connectivity index (χ2v) is 8.63. The second-order valence-electron chi connectivity index (χ2n) is 8.63. The van der Waals surface area contributed by atoms with Gasteiger partial charge in [0, 0.05) is 43.6 Å². The molecule has 2 aromatic heterocycles. The summed E-state index contributed by atoms with van der Waals surface area (Å²) >= 11 is 0. The number of aryl methyl sites for hydroxylation is 1. The van der Waals surface area contributed by atoms with Gasteiger partial charge in [0.25, 0.3) is 0 Å². The van der Waals surface area contributed by atoms with Gasteiger partial charge in [-0.05, 0) is 55.3 Å². The number of anilines is 2. The van der Waals surface area contributed by atoms with Gasteiger partial charge in [0.1, 0.15) is 17.3 Å². The molecule has 0 amide bonds. The van der Waals surface area contributed by atoms with Gasteiger partial charge >= 0.3 is 5.97 Å². The van der Waals surface area contributed by atoms with Gasteiger partial charge in [-0.3, -0.25) is 9.78 Å². The van der Waals surface area contributed by atoms with Gasteiger partial charge in [-0.15, -0.1) is 0 Å². The molecule has 9 heteroatoms. The highest BCUT2D eigenvalue weighted by Crippen LogP contribution is 2.32. The van der Waals surface area contributed by atoms with Crippen molar-refractivity contribution in [3.8, 4) is 11.5 Å². The molecule has 0 spiro atoms. The highest BCUT2D eigenvalue weighted by molar-refractivity contribution is 5.81. The topological polar surface area (TPSA) is 87.5 Å². The number of pyridine rings is 1. The van der Waals surface area contributed by atoms with Crippen LogP contribution in [0.15, 0.2) is 54.7 Å². The van der Waals surface area contributed by atoms with Crippen LogP contribution in [0.5, 0.6) is 11.5 Å². The zero-order valence-corrected chi connectivity index (χ0v) is 20.2. The lowest BCUT2D eigenvalue weighted by Crippen LogP contribution is -2.08. The largest absolute Gasteiger partial charge is 0.466 e. The van der Waals surface area contributed by atoms with Crippen molar-refractivity contribution in [3.05, 3.63) is 71.8 Å². The van der Waals surface area contributed by atoms with Crippen LogP contribution in [0.3, 0.4) is 0 Å². The van der Waals surface area contributed by atoms with Gasteiger partial charge in [-0.2, -0.15) is 0 Å². The molecular formula is C27H27FN4O4. The molecule has 0 aliphatic carbocycles. The van der Waals surface area contributed by atoms with Gasteiger partial charge in [0.2, 0.25) is 5.95 Å². The summed E-state index contributed by atoms with van der Waals surface area (Å²) in [6.45, 7) is 3.29. The average Bonchev–Trinajstić information content (AvgIpc) is 3.49. The summed E-state index contributed by atoms with van der Waals surface area (Å²) in [6.07, 6.45) is 2.50. The lowest BCUT2D eigenvalue weighted by molar-refractivity contribution is -0.142. The number of halogens is 1. The molecule has 0 bridgehead atoms. The summed E-state index contributed by atoms with van der Waals surface area (Å²) in [5.41, 5.74) is 3.64. The molecule has 0 saturated carbocycles. The van der Waals surface area contributed by atoms with E-state index in [-0.39, 0.29) is 24.1 Å². The Hall–Kier alpha value is -3.98. The molecule has 2 aromatic carbocycles. The van der Waals surface area contributed by atoms with E-state index >= 15 is 0 Å². The van der Waals surface area contributed by atoms with E-state index in [1.165, 1.54) is 6.07 Å². The number of nitrogens with one attached hydrogen (secondary N) is 1. The molecule has 1 unspecified atom stereocenters. The Morgan fingerprint density at radius 1 is 1.19 bits per heavy atom. The minimum absolute atomic E-state index is 0.0675. The Kier molecular flexibility index (Phi) is 6.81. The second kappa shape index (κ2) is 10.3. The summed E-state index contributed by atoms with van der Waals surface area (Å²) in [5, 5.41) is 3.31. The minimum Gasteiger partial charge on any atom is -0.466 e. The first-order valence-corrected chi connectivity index (χ1v) is 11.9. The fourth-order valence-corrected chi connectivity index (χ4v) is 4.31. The molecule has 1 aliphatic heterocycles. The fraction of sp³-hybridized carbons (Fsp3) is 0.296. The van der Waals surface area contributed by atoms with E-state index in [1.54, 1.807) is 31.3 Å². The SMILES string of the molecule is CCOC(=O)Cc1cc(Oc2ccc3c(c2)nc(Nc2ccc(F)c(C4CCOC4)c2)n3C)ccn1. The summed E-state index contributed by atoms with van der Waals surface area (Å²) in [6, 6.07) is 14.1. The number of carbonyl (C=O) groups is 1. The molecule has 4 aromatic rings. The van der Waals surface area contributed by atoms with Crippen LogP contribution in [0.2, 0.25) is 0 Å². The number of hydrogen-bond acceptors (Lipinski definition) is 7. The number of nitrogens with zero attached hydrogens (tertiary/aromatic N) is 3. The average molecular weight is 491 g/mol. The third-order valence-corrected chi connectivity index (χ3v) is 6.13. The Labute approximate surface area is 208 Å². The van der Waals surface area contributed by atoms with E-state index in [4.69, 9.17) is 19.2 Å². The van der Waals surface area contributed by atoms with Gasteiger partial charge in [-0.25, -0.2) is 9.37 Å². The highest BCUT2D eigenvalue weighted by atomic mass is 19.1. The lowest BCUT2D eigenvalue weighted by Gasteiger charge is -2.12. The number of esters is 1. The quantitative estimate of drug-likeness (QED) is 0.338. The Morgan fingerprint density at radius 3 is 2.86 bits per heavy atom. The van der Waals surface area contributed by atoms with E-state index in [9.17, 15) is 9.18 Å². The molecule has 1 N–H and O–H groups in total. The molecular weight excluding hydrogens is 463 g/mol. The summed E-state index contributed by atoms with van der Waals surface area (Å²) in [4.78, 5) is 20.7. The van der Waals surface area contributed by atoms with Gasteiger partial charge in [0.05, 0.1) is 36.4 Å². The number of fused-ring (bicyclic) bond motifs is 1. The van der Waals surface area contributed by atoms with Crippen LogP contribution < -0.4 is 10.1 Å². The predicted molar refractivity (Wildman–Crippen MR) is 133 cm³/mol. The van der Waals surface area contributed by atoms with Gasteiger partial charge in [0.15, 0.2) is 0 Å². The normalized spacial score (nSPS) is 15.2. The number of carbonyl (C=O) groups excluding carboxylic acids is 1. The van der Waals surface area contributed by atoms with Crippen LogP contribution >= 0.6 is 0 Å². The lowest BCUT2D eigenvalue weighted by atomic mass is 9.97. The molecule has 36 heavy (non-hydrogen) atoms. The van der Waals surface area contributed by atoms with Crippen molar-refractivity contribution in [3.63, 3.8) is 0 Å². The highest BCUT2D eigenvalue weighted by Gasteiger charge is 2.21. The van der Waals surface area contributed by atoms with Crippen molar-refractivity contribution in [1.82, 2.24) is 14.5 Å². The van der Waals surface area contributed by atoms with Crippen LogP contribution in [0.25, 0.3) is 11.0 Å². The monoisotopic (exact) mass is 490 g/mol. The first kappa shape index (κ1) is 23.7. The van der Waals surface area contributed by atoms with E-state index in [2.05, 4.69) is 10.3 Å². The molecule has 3 heterocycles. The van der Waals surface area contributed by atoms with E-state index < -0.39 is 0 Å². The number of hydrogen-bond donors (Lipinski definition) is 1. The maximum Gasteiger partial charge on any atom is 0.311 e.